The summed E-state index contributed by atoms with van der Waals surface area (Å²) in [4.78, 5) is 2.38. The zero-order valence-electron chi connectivity index (χ0n) is 7.25. The predicted octanol–water partition coefficient (Wildman–Crippen LogP) is -0.0826. The Bertz CT molecular complexity index is 113. The maximum absolute atomic E-state index is 11.0. The van der Waals surface area contributed by atoms with Crippen molar-refractivity contribution >= 4 is 11.4 Å². The minimum absolute atomic E-state index is 0.762. The molecule has 0 aromatic carbocycles. The lowest BCUT2D eigenvalue weighted by molar-refractivity contribution is 0.197. The van der Waals surface area contributed by atoms with Gasteiger partial charge in [0.15, 0.2) is 0 Å². The zero-order chi connectivity index (χ0) is 8.27. The largest absolute Gasteiger partial charge is 0.598 e. The van der Waals surface area contributed by atoms with E-state index in [1.54, 1.807) is 6.26 Å². The monoisotopic (exact) mass is 176 g/mol. The molecule has 1 aliphatic heterocycles. The van der Waals surface area contributed by atoms with Crippen LogP contribution in [0.1, 0.15) is 6.92 Å². The van der Waals surface area contributed by atoms with Crippen LogP contribution in [-0.4, -0.2) is 52.7 Å². The molecule has 0 spiro atoms. The second-order valence-corrected chi connectivity index (χ2v) is 4.15. The Kier molecular flexibility index (Phi) is 3.65. The molecule has 0 N–H and O–H groups in total. The topological polar surface area (TPSA) is 29.5 Å². The van der Waals surface area contributed by atoms with E-state index >= 15 is 0 Å². The summed E-state index contributed by atoms with van der Waals surface area (Å²) in [7, 11) is 0. The summed E-state index contributed by atoms with van der Waals surface area (Å²) in [6, 6.07) is 0. The maximum Gasteiger partial charge on any atom is 0.115 e. The van der Waals surface area contributed by atoms with Gasteiger partial charge in [0.25, 0.3) is 0 Å². The number of rotatable bonds is 2. The van der Waals surface area contributed by atoms with Gasteiger partial charge in [-0.1, -0.05) is 6.92 Å². The lowest BCUT2D eigenvalue weighted by atomic mass is 10.4. The van der Waals surface area contributed by atoms with Crippen LogP contribution in [0, 0.1) is 0 Å². The van der Waals surface area contributed by atoms with E-state index in [1.165, 1.54) is 0 Å². The summed E-state index contributed by atoms with van der Waals surface area (Å²) in [5.74, 6) is 0. The van der Waals surface area contributed by atoms with Crippen LogP contribution >= 0.6 is 0 Å². The van der Waals surface area contributed by atoms with E-state index in [1.807, 2.05) is 4.31 Å². The third-order valence-electron chi connectivity index (χ3n) is 2.14. The smallest absolute Gasteiger partial charge is 0.115 e. The molecule has 0 saturated carbocycles. The minimum Gasteiger partial charge on any atom is -0.598 e. The van der Waals surface area contributed by atoms with Gasteiger partial charge in [-0.3, -0.25) is 0 Å². The number of hydrogen-bond donors (Lipinski definition) is 0. The van der Waals surface area contributed by atoms with Crippen LogP contribution in [0.4, 0.5) is 0 Å². The Morgan fingerprint density at radius 1 is 1.27 bits per heavy atom. The Morgan fingerprint density at radius 2 is 1.82 bits per heavy atom. The van der Waals surface area contributed by atoms with E-state index < -0.39 is 11.4 Å². The van der Waals surface area contributed by atoms with E-state index in [4.69, 9.17) is 0 Å². The maximum atomic E-state index is 11.0. The fraction of sp³-hybridized carbons (Fsp3) is 1.00. The summed E-state index contributed by atoms with van der Waals surface area (Å²) < 4.78 is 13.0. The highest BCUT2D eigenvalue weighted by atomic mass is 32.2. The molecule has 1 heterocycles. The van der Waals surface area contributed by atoms with Gasteiger partial charge in [0.1, 0.15) is 6.26 Å². The van der Waals surface area contributed by atoms with Crippen LogP contribution in [0.5, 0.6) is 0 Å². The van der Waals surface area contributed by atoms with Gasteiger partial charge in [-0.05, 0) is 6.54 Å². The molecule has 0 aliphatic carbocycles. The van der Waals surface area contributed by atoms with Crippen molar-refractivity contribution in [2.75, 3.05) is 39.0 Å². The lowest BCUT2D eigenvalue weighted by Gasteiger charge is -2.32. The molecule has 11 heavy (non-hydrogen) atoms. The van der Waals surface area contributed by atoms with E-state index in [9.17, 15) is 4.55 Å². The summed E-state index contributed by atoms with van der Waals surface area (Å²) >= 11 is -0.762. The number of likely N-dealkylation sites (N-methyl/N-ethyl adjacent to an activating group) is 1. The van der Waals surface area contributed by atoms with Crippen LogP contribution in [0.15, 0.2) is 0 Å². The molecule has 1 atom stereocenters. The second kappa shape index (κ2) is 4.30. The molecule has 1 aliphatic rings. The highest BCUT2D eigenvalue weighted by molar-refractivity contribution is 7.88. The third-order valence-corrected chi connectivity index (χ3v) is 3.23. The zero-order valence-corrected chi connectivity index (χ0v) is 8.06. The Labute approximate surface area is 71.7 Å². The molecule has 0 aromatic rings. The van der Waals surface area contributed by atoms with Gasteiger partial charge in [0, 0.05) is 24.5 Å². The van der Waals surface area contributed by atoms with Crippen molar-refractivity contribution < 1.29 is 4.55 Å². The molecule has 0 amide bonds. The van der Waals surface area contributed by atoms with E-state index in [0.717, 1.165) is 32.7 Å². The van der Waals surface area contributed by atoms with Crippen molar-refractivity contribution in [1.29, 1.82) is 0 Å². The molecular formula is C7H16N2OS. The Balaban J connectivity index is 2.24. The summed E-state index contributed by atoms with van der Waals surface area (Å²) in [6.07, 6.45) is 1.75. The van der Waals surface area contributed by atoms with Gasteiger partial charge in [0.2, 0.25) is 0 Å². The van der Waals surface area contributed by atoms with Crippen molar-refractivity contribution in [2.45, 2.75) is 6.92 Å². The molecule has 1 fully saturated rings. The SMILES string of the molecule is CCN1CCN([S+](C)[O-])CC1. The second-order valence-electron chi connectivity index (χ2n) is 2.79. The first-order valence-electron chi connectivity index (χ1n) is 4.05. The van der Waals surface area contributed by atoms with Crippen LogP contribution < -0.4 is 0 Å². The molecule has 0 radical (unpaired) electrons. The van der Waals surface area contributed by atoms with Gasteiger partial charge in [0.05, 0.1) is 13.1 Å². The van der Waals surface area contributed by atoms with Crippen molar-refractivity contribution in [1.82, 2.24) is 9.21 Å². The predicted molar refractivity (Wildman–Crippen MR) is 47.8 cm³/mol. The number of hydrogen-bond acceptors (Lipinski definition) is 3. The van der Waals surface area contributed by atoms with Gasteiger partial charge in [-0.15, -0.1) is 4.31 Å². The van der Waals surface area contributed by atoms with Crippen molar-refractivity contribution in [3.05, 3.63) is 0 Å². The fourth-order valence-electron chi connectivity index (χ4n) is 1.30. The van der Waals surface area contributed by atoms with Crippen molar-refractivity contribution in [3.8, 4) is 0 Å². The highest BCUT2D eigenvalue weighted by Crippen LogP contribution is 2.04. The Hall–Kier alpha value is 0.230. The average molecular weight is 176 g/mol. The van der Waals surface area contributed by atoms with Gasteiger partial charge < -0.3 is 9.45 Å². The summed E-state index contributed by atoms with van der Waals surface area (Å²) in [6.45, 7) is 7.32. The number of nitrogens with zero attached hydrogens (tertiary/aromatic N) is 2. The summed E-state index contributed by atoms with van der Waals surface area (Å²) in [5.41, 5.74) is 0. The first-order valence-corrected chi connectivity index (χ1v) is 5.56. The molecule has 4 heteroatoms. The molecule has 1 rings (SSSR count). The molecular weight excluding hydrogens is 160 g/mol. The first-order chi connectivity index (χ1) is 5.24. The van der Waals surface area contributed by atoms with Crippen molar-refractivity contribution in [2.24, 2.45) is 0 Å². The molecule has 0 aromatic heterocycles. The van der Waals surface area contributed by atoms with E-state index in [-0.39, 0.29) is 0 Å². The van der Waals surface area contributed by atoms with Gasteiger partial charge in [-0.2, -0.15) is 0 Å². The quantitative estimate of drug-likeness (QED) is 0.551. The fourth-order valence-corrected chi connectivity index (χ4v) is 1.98. The standard InChI is InChI=1S/C7H16N2OS/c1-3-8-4-6-9(7-5-8)11(2)10/h3-7H2,1-2H3. The average Bonchev–Trinajstić information content (AvgIpc) is 2.05. The first kappa shape index (κ1) is 9.32. The Morgan fingerprint density at radius 3 is 2.18 bits per heavy atom. The van der Waals surface area contributed by atoms with Crippen LogP contribution in [-0.2, 0) is 11.4 Å². The van der Waals surface area contributed by atoms with E-state index in [2.05, 4.69) is 11.8 Å². The normalized spacial score (nSPS) is 25.4. The van der Waals surface area contributed by atoms with Crippen LogP contribution in [0.2, 0.25) is 0 Å². The molecule has 3 nitrogen and oxygen atoms in total. The van der Waals surface area contributed by atoms with Gasteiger partial charge >= 0.3 is 0 Å². The molecule has 1 saturated heterocycles. The molecule has 1 unspecified atom stereocenters. The lowest BCUT2D eigenvalue weighted by Crippen LogP contribution is -2.48. The van der Waals surface area contributed by atoms with Gasteiger partial charge in [-0.25, -0.2) is 0 Å². The third kappa shape index (κ3) is 2.63. The summed E-state index contributed by atoms with van der Waals surface area (Å²) in [5, 5.41) is 0. The van der Waals surface area contributed by atoms with Crippen molar-refractivity contribution in [3.63, 3.8) is 0 Å². The minimum atomic E-state index is -0.762. The molecule has 0 bridgehead atoms. The number of piperazine rings is 1. The highest BCUT2D eigenvalue weighted by Gasteiger charge is 2.21. The van der Waals surface area contributed by atoms with Crippen LogP contribution in [0.3, 0.4) is 0 Å². The van der Waals surface area contributed by atoms with Crippen LogP contribution in [0.25, 0.3) is 0 Å². The molecule has 66 valence electrons. The van der Waals surface area contributed by atoms with E-state index in [0.29, 0.717) is 0 Å².